The van der Waals surface area contributed by atoms with Crippen LogP contribution in [0.5, 0.6) is 5.75 Å². The number of nitrogens with zero attached hydrogens (tertiary/aromatic N) is 1. The van der Waals surface area contributed by atoms with Crippen LogP contribution in [0.15, 0.2) is 76.8 Å². The zero-order valence-electron chi connectivity index (χ0n) is 23.2. The van der Waals surface area contributed by atoms with E-state index in [1.54, 1.807) is 25.3 Å². The summed E-state index contributed by atoms with van der Waals surface area (Å²) in [4.78, 5) is 32.0. The lowest BCUT2D eigenvalue weighted by Gasteiger charge is -2.23. The second kappa shape index (κ2) is 12.0. The van der Waals surface area contributed by atoms with E-state index in [2.05, 4.69) is 4.98 Å². The van der Waals surface area contributed by atoms with Gasteiger partial charge in [0.25, 0.3) is 0 Å². The standard InChI is InChI=1S/C33H34F3NO4/c1-3-41-29-8-5-14-37-31(29)21-6-4-7-22(10-9-21)32(39)30-20(2)16-26-24(18-28(30)38)12-11-23(25-13-15-40-19-25)17-27(26)33(34,35)36/h5,8-9,11,13-17,19-20,22,24,30H,3-4,6-7,10,12,18H2,1-2H3. The maximum absolute atomic E-state index is 14.4. The third kappa shape index (κ3) is 6.16. The van der Waals surface area contributed by atoms with E-state index in [4.69, 9.17) is 9.15 Å². The van der Waals surface area contributed by atoms with E-state index in [1.807, 2.05) is 25.1 Å². The highest BCUT2D eigenvalue weighted by Gasteiger charge is 2.44. The second-order valence-electron chi connectivity index (χ2n) is 11.0. The largest absolute Gasteiger partial charge is 0.492 e. The van der Waals surface area contributed by atoms with Crippen LogP contribution in [-0.2, 0) is 9.59 Å². The Morgan fingerprint density at radius 1 is 1.20 bits per heavy atom. The number of alkyl halides is 3. The Balaban J connectivity index is 1.41. The molecule has 0 saturated carbocycles. The predicted molar refractivity (Wildman–Crippen MR) is 150 cm³/mol. The van der Waals surface area contributed by atoms with Crippen LogP contribution in [0.4, 0.5) is 13.2 Å². The van der Waals surface area contributed by atoms with E-state index in [1.165, 1.54) is 18.6 Å². The number of ether oxygens (including phenoxy) is 1. The van der Waals surface area contributed by atoms with Crippen LogP contribution >= 0.6 is 0 Å². The lowest BCUT2D eigenvalue weighted by atomic mass is 9.78. The van der Waals surface area contributed by atoms with Gasteiger partial charge in [0.2, 0.25) is 0 Å². The van der Waals surface area contributed by atoms with Crippen molar-refractivity contribution in [1.29, 1.82) is 0 Å². The summed E-state index contributed by atoms with van der Waals surface area (Å²) in [5.74, 6) is -2.40. The Morgan fingerprint density at radius 2 is 2.02 bits per heavy atom. The van der Waals surface area contributed by atoms with Gasteiger partial charge in [-0.3, -0.25) is 14.6 Å². The molecule has 41 heavy (non-hydrogen) atoms. The van der Waals surface area contributed by atoms with E-state index in [0.717, 1.165) is 30.2 Å². The van der Waals surface area contributed by atoms with Crippen molar-refractivity contribution in [3.63, 3.8) is 0 Å². The number of halogens is 3. The van der Waals surface area contributed by atoms with Crippen LogP contribution in [-0.4, -0.2) is 29.3 Å². The Morgan fingerprint density at radius 3 is 2.76 bits per heavy atom. The van der Waals surface area contributed by atoms with Crippen molar-refractivity contribution >= 4 is 22.7 Å². The third-order valence-electron chi connectivity index (χ3n) is 8.33. The van der Waals surface area contributed by atoms with E-state index in [0.29, 0.717) is 36.3 Å². The minimum absolute atomic E-state index is 0.102. The van der Waals surface area contributed by atoms with Crippen molar-refractivity contribution in [2.24, 2.45) is 23.7 Å². The van der Waals surface area contributed by atoms with E-state index < -0.39 is 29.5 Å². The molecular formula is C33H34F3NO4. The molecule has 5 nitrogen and oxygen atoms in total. The molecule has 5 rings (SSSR count). The first-order valence-electron chi connectivity index (χ1n) is 14.2. The van der Waals surface area contributed by atoms with Crippen LogP contribution in [0, 0.1) is 23.7 Å². The van der Waals surface area contributed by atoms with Crippen LogP contribution < -0.4 is 4.74 Å². The number of hydrogen-bond donors (Lipinski definition) is 0. The molecule has 8 heteroatoms. The Hall–Kier alpha value is -3.68. The van der Waals surface area contributed by atoms with Gasteiger partial charge in [0.05, 0.1) is 30.6 Å². The number of fused-ring (bicyclic) bond motifs is 1. The van der Waals surface area contributed by atoms with Crippen LogP contribution in [0.2, 0.25) is 0 Å². The quantitative estimate of drug-likeness (QED) is 0.333. The molecule has 0 aromatic carbocycles. The Bertz CT molecular complexity index is 1410. The van der Waals surface area contributed by atoms with Crippen LogP contribution in [0.25, 0.3) is 11.1 Å². The molecule has 0 aliphatic heterocycles. The molecule has 0 saturated heterocycles. The smallest absolute Gasteiger partial charge is 0.416 e. The van der Waals surface area contributed by atoms with Gasteiger partial charge in [0.1, 0.15) is 23.0 Å². The topological polar surface area (TPSA) is 69.4 Å². The average molecular weight is 566 g/mol. The van der Waals surface area contributed by atoms with Crippen molar-refractivity contribution in [3.8, 4) is 5.75 Å². The monoisotopic (exact) mass is 565 g/mol. The molecule has 0 radical (unpaired) electrons. The minimum Gasteiger partial charge on any atom is -0.492 e. The summed E-state index contributed by atoms with van der Waals surface area (Å²) in [6.07, 6.45) is 9.04. The molecule has 4 atom stereocenters. The number of ketones is 2. The lowest BCUT2D eigenvalue weighted by Crippen LogP contribution is -2.33. The summed E-state index contributed by atoms with van der Waals surface area (Å²) in [6, 6.07) is 5.31. The summed E-state index contributed by atoms with van der Waals surface area (Å²) in [7, 11) is 0. The number of Topliss-reactive ketones (excluding diaryl/α,β-unsaturated/α-hetero) is 2. The number of pyridine rings is 1. The zero-order valence-corrected chi connectivity index (χ0v) is 23.2. The van der Waals surface area contributed by atoms with Gasteiger partial charge in [0.15, 0.2) is 0 Å². The normalized spacial score (nSPS) is 25.4. The van der Waals surface area contributed by atoms with Gasteiger partial charge in [-0.25, -0.2) is 0 Å². The summed E-state index contributed by atoms with van der Waals surface area (Å²) in [6.45, 7) is 4.11. The van der Waals surface area contributed by atoms with Gasteiger partial charge in [-0.2, -0.15) is 13.2 Å². The molecule has 2 aromatic heterocycles. The third-order valence-corrected chi connectivity index (χ3v) is 8.33. The molecule has 4 unspecified atom stereocenters. The predicted octanol–water partition coefficient (Wildman–Crippen LogP) is 7.96. The number of allylic oxidation sites excluding steroid dienone is 8. The fourth-order valence-electron chi connectivity index (χ4n) is 6.34. The highest BCUT2D eigenvalue weighted by Crippen LogP contribution is 2.45. The average Bonchev–Trinajstić information content (AvgIpc) is 3.20. The molecule has 0 amide bonds. The Kier molecular flexibility index (Phi) is 8.47. The van der Waals surface area contributed by atoms with E-state index in [9.17, 15) is 22.8 Å². The van der Waals surface area contributed by atoms with Gasteiger partial charge in [-0.15, -0.1) is 0 Å². The maximum Gasteiger partial charge on any atom is 0.416 e. The molecule has 216 valence electrons. The van der Waals surface area contributed by atoms with Crippen molar-refractivity contribution in [2.45, 2.75) is 58.5 Å². The molecule has 3 aliphatic rings. The van der Waals surface area contributed by atoms with Gasteiger partial charge in [-0.1, -0.05) is 25.2 Å². The minimum atomic E-state index is -4.61. The summed E-state index contributed by atoms with van der Waals surface area (Å²) in [5, 5.41) is 0. The molecule has 2 heterocycles. The molecular weight excluding hydrogens is 531 g/mol. The first-order valence-corrected chi connectivity index (χ1v) is 14.2. The summed E-state index contributed by atoms with van der Waals surface area (Å²) in [5.41, 5.74) is 2.08. The van der Waals surface area contributed by atoms with Crippen molar-refractivity contribution in [3.05, 3.63) is 83.6 Å². The number of rotatable bonds is 6. The lowest BCUT2D eigenvalue weighted by molar-refractivity contribution is -0.136. The van der Waals surface area contributed by atoms with Gasteiger partial charge in [-0.05, 0) is 91.9 Å². The van der Waals surface area contributed by atoms with Crippen molar-refractivity contribution in [2.75, 3.05) is 6.61 Å². The van der Waals surface area contributed by atoms with Crippen LogP contribution in [0.3, 0.4) is 0 Å². The molecule has 0 spiro atoms. The van der Waals surface area contributed by atoms with Gasteiger partial charge >= 0.3 is 6.18 Å². The SMILES string of the molecule is CCOc1cccnc1C1=CCC(C(=O)C2C(=O)CC3CC=C(c4ccoc4)C=C(C(F)(F)F)C3=CC2C)CCC1. The number of carbonyl (C=O) groups excluding carboxylic acids is 2. The first-order chi connectivity index (χ1) is 19.7. The summed E-state index contributed by atoms with van der Waals surface area (Å²) < 4.78 is 54.0. The maximum atomic E-state index is 14.4. The van der Waals surface area contributed by atoms with Crippen LogP contribution in [0.1, 0.15) is 63.6 Å². The fourth-order valence-corrected chi connectivity index (χ4v) is 6.34. The van der Waals surface area contributed by atoms with Gasteiger partial charge < -0.3 is 9.15 Å². The molecule has 0 fully saturated rings. The zero-order chi connectivity index (χ0) is 29.1. The van der Waals surface area contributed by atoms with E-state index in [-0.39, 0.29) is 35.9 Å². The molecule has 0 N–H and O–H groups in total. The molecule has 3 aliphatic carbocycles. The number of hydrogen-bond acceptors (Lipinski definition) is 5. The molecule has 0 bridgehead atoms. The van der Waals surface area contributed by atoms with Crippen molar-refractivity contribution in [1.82, 2.24) is 4.98 Å². The first kappa shape index (κ1) is 28.8. The van der Waals surface area contributed by atoms with Gasteiger partial charge in [0, 0.05) is 24.1 Å². The fraction of sp³-hybridized carbons (Fsp3) is 0.424. The number of furan rings is 1. The summed E-state index contributed by atoms with van der Waals surface area (Å²) >= 11 is 0. The Labute approximate surface area is 237 Å². The highest BCUT2D eigenvalue weighted by atomic mass is 19.4. The van der Waals surface area contributed by atoms with E-state index >= 15 is 0 Å². The molecule has 2 aromatic rings. The van der Waals surface area contributed by atoms with Crippen molar-refractivity contribution < 1.29 is 31.9 Å². The number of carbonyl (C=O) groups is 2. The second-order valence-corrected chi connectivity index (χ2v) is 11.0. The number of aromatic nitrogens is 1. The highest BCUT2D eigenvalue weighted by molar-refractivity contribution is 6.04.